The summed E-state index contributed by atoms with van der Waals surface area (Å²) in [5.41, 5.74) is 6.11. The van der Waals surface area contributed by atoms with Gasteiger partial charge in [0.2, 0.25) is 5.91 Å². The standard InChI is InChI=1S/C19H19NO/c1-2-3-5-14-19(21)20-15-17-12-8-9-13-18(17)16-10-6-4-7-11-16/h3-4,6-13H,1,5,14-15H2,(H,20,21). The van der Waals surface area contributed by atoms with E-state index in [1.165, 1.54) is 0 Å². The van der Waals surface area contributed by atoms with Crippen molar-refractivity contribution in [1.82, 2.24) is 5.32 Å². The summed E-state index contributed by atoms with van der Waals surface area (Å²) in [5, 5.41) is 2.96. The molecule has 0 saturated carbocycles. The summed E-state index contributed by atoms with van der Waals surface area (Å²) in [6.07, 6.45) is 2.92. The molecule has 0 radical (unpaired) electrons. The van der Waals surface area contributed by atoms with E-state index >= 15 is 0 Å². The highest BCUT2D eigenvalue weighted by atomic mass is 16.1. The number of nitrogens with one attached hydrogen (secondary N) is 1. The monoisotopic (exact) mass is 277 g/mol. The highest BCUT2D eigenvalue weighted by Crippen LogP contribution is 2.23. The summed E-state index contributed by atoms with van der Waals surface area (Å²) in [6.45, 7) is 4.03. The summed E-state index contributed by atoms with van der Waals surface area (Å²) in [7, 11) is 0. The van der Waals surface area contributed by atoms with Gasteiger partial charge in [0.15, 0.2) is 0 Å². The first-order valence-electron chi connectivity index (χ1n) is 7.05. The van der Waals surface area contributed by atoms with Crippen molar-refractivity contribution in [3.63, 3.8) is 0 Å². The van der Waals surface area contributed by atoms with Crippen LogP contribution < -0.4 is 5.32 Å². The number of carbonyl (C=O) groups is 1. The van der Waals surface area contributed by atoms with Crippen LogP contribution in [0.2, 0.25) is 0 Å². The fraction of sp³-hybridized carbons (Fsp3) is 0.158. The Morgan fingerprint density at radius 1 is 1.10 bits per heavy atom. The largest absolute Gasteiger partial charge is 0.352 e. The van der Waals surface area contributed by atoms with Gasteiger partial charge < -0.3 is 5.32 Å². The zero-order valence-corrected chi connectivity index (χ0v) is 12.0. The Balaban J connectivity index is 2.04. The third-order valence-electron chi connectivity index (χ3n) is 3.24. The molecule has 0 saturated heterocycles. The van der Waals surface area contributed by atoms with E-state index in [4.69, 9.17) is 0 Å². The van der Waals surface area contributed by atoms with Crippen LogP contribution in [-0.4, -0.2) is 5.91 Å². The quantitative estimate of drug-likeness (QED) is 0.792. The first-order chi connectivity index (χ1) is 10.3. The molecule has 21 heavy (non-hydrogen) atoms. The van der Waals surface area contributed by atoms with Gasteiger partial charge in [0.05, 0.1) is 0 Å². The summed E-state index contributed by atoms with van der Waals surface area (Å²) in [4.78, 5) is 11.8. The Bertz CT molecular complexity index is 640. The molecule has 2 aromatic carbocycles. The maximum atomic E-state index is 11.8. The second kappa shape index (κ2) is 7.88. The van der Waals surface area contributed by atoms with Crippen LogP contribution >= 0.6 is 0 Å². The van der Waals surface area contributed by atoms with Crippen molar-refractivity contribution >= 4 is 5.91 Å². The van der Waals surface area contributed by atoms with Crippen LogP contribution in [-0.2, 0) is 11.3 Å². The van der Waals surface area contributed by atoms with E-state index in [0.29, 0.717) is 19.4 Å². The van der Waals surface area contributed by atoms with Crippen molar-refractivity contribution in [2.45, 2.75) is 19.4 Å². The van der Waals surface area contributed by atoms with Gasteiger partial charge in [-0.25, -0.2) is 0 Å². The normalized spacial score (nSPS) is 9.71. The SMILES string of the molecule is C=C=CCCC(=O)NCc1ccccc1-c1ccccc1. The number of hydrogen-bond acceptors (Lipinski definition) is 1. The van der Waals surface area contributed by atoms with E-state index in [0.717, 1.165) is 16.7 Å². The topological polar surface area (TPSA) is 29.1 Å². The number of carbonyl (C=O) groups excluding carboxylic acids is 1. The molecule has 0 spiro atoms. The van der Waals surface area contributed by atoms with Gasteiger partial charge in [-0.2, -0.15) is 0 Å². The predicted octanol–water partition coefficient (Wildman–Crippen LogP) is 4.09. The smallest absolute Gasteiger partial charge is 0.220 e. The van der Waals surface area contributed by atoms with Crippen LogP contribution in [0.4, 0.5) is 0 Å². The van der Waals surface area contributed by atoms with Gasteiger partial charge in [0.1, 0.15) is 0 Å². The number of benzene rings is 2. The number of hydrogen-bond donors (Lipinski definition) is 1. The van der Waals surface area contributed by atoms with Crippen molar-refractivity contribution in [3.05, 3.63) is 78.5 Å². The average molecular weight is 277 g/mol. The molecule has 2 aromatic rings. The fourth-order valence-electron chi connectivity index (χ4n) is 2.16. The van der Waals surface area contributed by atoms with Gasteiger partial charge in [-0.3, -0.25) is 4.79 Å². The van der Waals surface area contributed by atoms with Gasteiger partial charge in [0, 0.05) is 13.0 Å². The van der Waals surface area contributed by atoms with Gasteiger partial charge in [-0.1, -0.05) is 61.2 Å². The van der Waals surface area contributed by atoms with Crippen LogP contribution in [0.5, 0.6) is 0 Å². The van der Waals surface area contributed by atoms with Crippen molar-refractivity contribution in [3.8, 4) is 11.1 Å². The van der Waals surface area contributed by atoms with E-state index < -0.39 is 0 Å². The van der Waals surface area contributed by atoms with Crippen molar-refractivity contribution in [2.75, 3.05) is 0 Å². The van der Waals surface area contributed by atoms with Gasteiger partial charge in [-0.15, -0.1) is 5.73 Å². The molecule has 0 fully saturated rings. The number of amides is 1. The van der Waals surface area contributed by atoms with Crippen LogP contribution in [0, 0.1) is 0 Å². The molecule has 0 atom stereocenters. The predicted molar refractivity (Wildman–Crippen MR) is 86.7 cm³/mol. The first-order valence-corrected chi connectivity index (χ1v) is 7.05. The molecule has 1 N–H and O–H groups in total. The van der Waals surface area contributed by atoms with E-state index in [1.807, 2.05) is 36.4 Å². The molecule has 0 bridgehead atoms. The minimum absolute atomic E-state index is 0.0457. The maximum absolute atomic E-state index is 11.8. The zero-order valence-electron chi connectivity index (χ0n) is 12.0. The van der Waals surface area contributed by atoms with Crippen LogP contribution in [0.3, 0.4) is 0 Å². The molecule has 2 rings (SSSR count). The summed E-state index contributed by atoms with van der Waals surface area (Å²) in [5.74, 6) is 0.0457. The molecule has 0 heterocycles. The lowest BCUT2D eigenvalue weighted by Crippen LogP contribution is -2.22. The summed E-state index contributed by atoms with van der Waals surface area (Å²) >= 11 is 0. The molecular formula is C19H19NO. The van der Waals surface area contributed by atoms with Crippen molar-refractivity contribution < 1.29 is 4.79 Å². The molecule has 2 nitrogen and oxygen atoms in total. The molecular weight excluding hydrogens is 258 g/mol. The third-order valence-corrected chi connectivity index (χ3v) is 3.24. The Labute approximate surface area is 125 Å². The summed E-state index contributed by atoms with van der Waals surface area (Å²) in [6, 6.07) is 18.3. The first kappa shape index (κ1) is 14.8. The van der Waals surface area contributed by atoms with Crippen molar-refractivity contribution in [1.29, 1.82) is 0 Å². The minimum atomic E-state index is 0.0457. The highest BCUT2D eigenvalue weighted by molar-refractivity contribution is 5.76. The third kappa shape index (κ3) is 4.48. The van der Waals surface area contributed by atoms with E-state index in [2.05, 4.69) is 35.8 Å². The number of allylic oxidation sites excluding steroid dienone is 1. The van der Waals surface area contributed by atoms with Crippen LogP contribution in [0.1, 0.15) is 18.4 Å². The lowest BCUT2D eigenvalue weighted by molar-refractivity contribution is -0.121. The van der Waals surface area contributed by atoms with Crippen molar-refractivity contribution in [2.24, 2.45) is 0 Å². The van der Waals surface area contributed by atoms with Crippen LogP contribution in [0.25, 0.3) is 11.1 Å². The Kier molecular flexibility index (Phi) is 5.57. The molecule has 0 unspecified atom stereocenters. The summed E-state index contributed by atoms with van der Waals surface area (Å²) < 4.78 is 0. The second-order valence-electron chi connectivity index (χ2n) is 4.75. The lowest BCUT2D eigenvalue weighted by Gasteiger charge is -2.10. The highest BCUT2D eigenvalue weighted by Gasteiger charge is 2.05. The number of rotatable bonds is 6. The second-order valence-corrected chi connectivity index (χ2v) is 4.75. The Morgan fingerprint density at radius 3 is 2.57 bits per heavy atom. The van der Waals surface area contributed by atoms with Crippen LogP contribution in [0.15, 0.2) is 73.0 Å². The zero-order chi connectivity index (χ0) is 14.9. The van der Waals surface area contributed by atoms with Gasteiger partial charge in [0.25, 0.3) is 0 Å². The molecule has 0 aliphatic carbocycles. The molecule has 106 valence electrons. The van der Waals surface area contributed by atoms with Gasteiger partial charge >= 0.3 is 0 Å². The molecule has 0 aliphatic heterocycles. The maximum Gasteiger partial charge on any atom is 0.220 e. The lowest BCUT2D eigenvalue weighted by atomic mass is 10.00. The van der Waals surface area contributed by atoms with E-state index in [-0.39, 0.29) is 5.91 Å². The van der Waals surface area contributed by atoms with E-state index in [1.54, 1.807) is 6.08 Å². The fourth-order valence-corrected chi connectivity index (χ4v) is 2.16. The molecule has 2 heteroatoms. The minimum Gasteiger partial charge on any atom is -0.352 e. The molecule has 0 aromatic heterocycles. The molecule has 1 amide bonds. The molecule has 0 aliphatic rings. The Morgan fingerprint density at radius 2 is 1.81 bits per heavy atom. The van der Waals surface area contributed by atoms with E-state index in [9.17, 15) is 4.79 Å². The van der Waals surface area contributed by atoms with Gasteiger partial charge in [-0.05, 0) is 29.2 Å². The Hall–Kier alpha value is -2.57. The average Bonchev–Trinajstić information content (AvgIpc) is 2.54.